The molecule has 0 aromatic heterocycles. The van der Waals surface area contributed by atoms with E-state index in [1.807, 2.05) is 0 Å². The standard InChI is InChI=1S/2C2H4.H2O3Si/c2*1-2;1-4(2)3/h2*1-2H2;1-2H. The highest BCUT2D eigenvalue weighted by Crippen LogP contribution is 1.27. The van der Waals surface area contributed by atoms with Crippen LogP contribution in [0.3, 0.4) is 0 Å². The molecule has 8 heavy (non-hydrogen) atoms. The van der Waals surface area contributed by atoms with Crippen LogP contribution in [0.15, 0.2) is 26.3 Å². The lowest BCUT2D eigenvalue weighted by molar-refractivity contribution is 0.330. The molecule has 0 atom stereocenters. The Balaban J connectivity index is -0.0000000542. The van der Waals surface area contributed by atoms with Crippen molar-refractivity contribution in [2.45, 2.75) is 0 Å². The molecule has 0 spiro atoms. The zero-order chi connectivity index (χ0) is 7.58. The van der Waals surface area contributed by atoms with E-state index in [4.69, 9.17) is 14.1 Å². The molecule has 0 aromatic carbocycles. The van der Waals surface area contributed by atoms with Gasteiger partial charge in [0, 0.05) is 0 Å². The predicted molar refractivity (Wildman–Crippen MR) is 33.4 cm³/mol. The van der Waals surface area contributed by atoms with Gasteiger partial charge in [-0.1, -0.05) is 0 Å². The maximum atomic E-state index is 8.74. The minimum Gasteiger partial charge on any atom is -0.511 e. The Labute approximate surface area is 50.5 Å². The third-order valence-electron chi connectivity index (χ3n) is 0. The van der Waals surface area contributed by atoms with Crippen LogP contribution in [0.1, 0.15) is 0 Å². The molecule has 0 aliphatic rings. The summed E-state index contributed by atoms with van der Waals surface area (Å²) in [4.78, 5) is 14.3. The molecule has 0 heterocycles. The second-order valence-electron chi connectivity index (χ2n) is 0.283. The fourth-order valence-electron chi connectivity index (χ4n) is 0. The summed E-state index contributed by atoms with van der Waals surface area (Å²) >= 11 is 0. The van der Waals surface area contributed by atoms with Crippen molar-refractivity contribution in [2.24, 2.45) is 0 Å². The van der Waals surface area contributed by atoms with E-state index < -0.39 is 9.17 Å². The average molecular weight is 134 g/mol. The minimum absolute atomic E-state index is 3.00. The first-order valence-electron chi connectivity index (χ1n) is 1.65. The van der Waals surface area contributed by atoms with E-state index in [-0.39, 0.29) is 0 Å². The molecular formula is C4H10O3Si. The Hall–Kier alpha value is -0.903. The molecule has 0 rings (SSSR count). The molecule has 0 saturated heterocycles. The molecule has 0 bridgehead atoms. The highest BCUT2D eigenvalue weighted by molar-refractivity contribution is 6.22. The topological polar surface area (TPSA) is 57.5 Å². The molecule has 0 aromatic rings. The van der Waals surface area contributed by atoms with Crippen LogP contribution < -0.4 is 0 Å². The number of rotatable bonds is 0. The summed E-state index contributed by atoms with van der Waals surface area (Å²) in [6.07, 6.45) is 0. The van der Waals surface area contributed by atoms with Crippen molar-refractivity contribution in [3.8, 4) is 0 Å². The van der Waals surface area contributed by atoms with Crippen molar-refractivity contribution >= 4 is 9.17 Å². The van der Waals surface area contributed by atoms with Gasteiger partial charge in [-0.15, -0.1) is 26.3 Å². The summed E-state index contributed by atoms with van der Waals surface area (Å²) < 4.78 is 8.74. The van der Waals surface area contributed by atoms with Crippen molar-refractivity contribution in [3.63, 3.8) is 0 Å². The Bertz CT molecular complexity index is 49.2. The van der Waals surface area contributed by atoms with E-state index in [9.17, 15) is 0 Å². The van der Waals surface area contributed by atoms with Crippen molar-refractivity contribution < 1.29 is 14.1 Å². The maximum absolute atomic E-state index is 8.74. The van der Waals surface area contributed by atoms with Crippen LogP contribution in [-0.4, -0.2) is 18.8 Å². The Kier molecular flexibility index (Phi) is 70.8. The first kappa shape index (κ1) is 15.7. The number of hydrogen-bond donors (Lipinski definition) is 2. The van der Waals surface area contributed by atoms with Gasteiger partial charge in [-0.25, -0.2) is 0 Å². The van der Waals surface area contributed by atoms with E-state index in [1.54, 1.807) is 0 Å². The van der Waals surface area contributed by atoms with Crippen LogP contribution in [0.25, 0.3) is 0 Å². The van der Waals surface area contributed by atoms with E-state index in [2.05, 4.69) is 26.3 Å². The third-order valence-corrected chi connectivity index (χ3v) is 0. The average Bonchev–Trinajstić information content (AvgIpc) is 1.75. The van der Waals surface area contributed by atoms with Gasteiger partial charge in [0.15, 0.2) is 0 Å². The molecule has 0 aliphatic heterocycles. The van der Waals surface area contributed by atoms with Gasteiger partial charge in [-0.2, -0.15) is 0 Å². The van der Waals surface area contributed by atoms with E-state index in [0.717, 1.165) is 0 Å². The Morgan fingerprint density at radius 2 is 1.00 bits per heavy atom. The summed E-state index contributed by atoms with van der Waals surface area (Å²) in [5, 5.41) is 0. The largest absolute Gasteiger partial charge is 0.761 e. The summed E-state index contributed by atoms with van der Waals surface area (Å²) in [5.74, 6) is 0. The Morgan fingerprint density at radius 1 is 1.00 bits per heavy atom. The Morgan fingerprint density at radius 3 is 1.00 bits per heavy atom. The molecule has 0 aliphatic carbocycles. The first-order chi connectivity index (χ1) is 3.73. The maximum Gasteiger partial charge on any atom is 0.761 e. The van der Waals surface area contributed by atoms with Gasteiger partial charge >= 0.3 is 9.17 Å². The van der Waals surface area contributed by atoms with Crippen LogP contribution in [-0.2, 0) is 4.46 Å². The summed E-state index contributed by atoms with van der Waals surface area (Å²) in [5.41, 5.74) is 0. The van der Waals surface area contributed by atoms with Crippen LogP contribution in [0.2, 0.25) is 0 Å². The predicted octanol–water partition coefficient (Wildman–Crippen LogP) is -0.00920. The lowest BCUT2D eigenvalue weighted by atomic mass is 11.3. The molecule has 3 nitrogen and oxygen atoms in total. The molecule has 4 heteroatoms. The molecule has 48 valence electrons. The molecule has 0 unspecified atom stereocenters. The SMILES string of the molecule is C=C.C=C.O=[Si](O)O. The molecule has 0 fully saturated rings. The van der Waals surface area contributed by atoms with Gasteiger partial charge < -0.3 is 9.59 Å². The zero-order valence-corrected chi connectivity index (χ0v) is 5.63. The smallest absolute Gasteiger partial charge is 0.511 e. The minimum atomic E-state index is -3.13. The van der Waals surface area contributed by atoms with Crippen molar-refractivity contribution in [1.82, 2.24) is 0 Å². The van der Waals surface area contributed by atoms with Crippen molar-refractivity contribution in [1.29, 1.82) is 0 Å². The first-order valence-corrected chi connectivity index (χ1v) is 2.95. The monoisotopic (exact) mass is 134 g/mol. The lowest BCUT2D eigenvalue weighted by Crippen LogP contribution is -1.90. The van der Waals surface area contributed by atoms with Crippen LogP contribution in [0.4, 0.5) is 0 Å². The summed E-state index contributed by atoms with van der Waals surface area (Å²) in [7, 11) is -3.13. The molecule has 0 radical (unpaired) electrons. The molecule has 2 N–H and O–H groups in total. The quantitative estimate of drug-likeness (QED) is 0.362. The van der Waals surface area contributed by atoms with Crippen LogP contribution >= 0.6 is 0 Å². The van der Waals surface area contributed by atoms with E-state index in [1.165, 1.54) is 0 Å². The molecule has 0 amide bonds. The fraction of sp³-hybridized carbons (Fsp3) is 0. The van der Waals surface area contributed by atoms with Crippen LogP contribution in [0, 0.1) is 0 Å². The van der Waals surface area contributed by atoms with Gasteiger partial charge in [0.2, 0.25) is 0 Å². The zero-order valence-electron chi connectivity index (χ0n) is 4.63. The normalized spacial score (nSPS) is 4.00. The van der Waals surface area contributed by atoms with Crippen molar-refractivity contribution in [2.75, 3.05) is 0 Å². The highest BCUT2D eigenvalue weighted by atomic mass is 28.3. The van der Waals surface area contributed by atoms with Gasteiger partial charge in [0.1, 0.15) is 0 Å². The molecular weight excluding hydrogens is 124 g/mol. The van der Waals surface area contributed by atoms with Gasteiger partial charge in [-0.05, 0) is 0 Å². The second-order valence-corrected chi connectivity index (χ2v) is 0.848. The van der Waals surface area contributed by atoms with Gasteiger partial charge in [0.25, 0.3) is 0 Å². The highest BCUT2D eigenvalue weighted by Gasteiger charge is 1.85. The van der Waals surface area contributed by atoms with Crippen LogP contribution in [0.5, 0.6) is 0 Å². The second kappa shape index (κ2) is 36.0. The summed E-state index contributed by atoms with van der Waals surface area (Å²) in [6.45, 7) is 12.0. The van der Waals surface area contributed by atoms with Gasteiger partial charge in [-0.3, -0.25) is 4.46 Å². The summed E-state index contributed by atoms with van der Waals surface area (Å²) in [6, 6.07) is 0. The van der Waals surface area contributed by atoms with E-state index in [0.29, 0.717) is 0 Å². The fourth-order valence-corrected chi connectivity index (χ4v) is 0. The lowest BCUT2D eigenvalue weighted by Gasteiger charge is -1.55. The van der Waals surface area contributed by atoms with Crippen molar-refractivity contribution in [3.05, 3.63) is 26.3 Å². The number of hydrogen-bond acceptors (Lipinski definition) is 1. The van der Waals surface area contributed by atoms with E-state index >= 15 is 0 Å². The molecule has 0 saturated carbocycles. The third kappa shape index (κ3) is 105. The van der Waals surface area contributed by atoms with Gasteiger partial charge in [0.05, 0.1) is 0 Å².